The maximum Gasteiger partial charge on any atom is 0.226 e. The molecule has 1 atom stereocenters. The lowest BCUT2D eigenvalue weighted by atomic mass is 10.1. The zero-order chi connectivity index (χ0) is 15.2. The molecule has 122 valence electrons. The quantitative estimate of drug-likeness (QED) is 0.893. The molecule has 1 aromatic carbocycles. The van der Waals surface area contributed by atoms with Crippen LogP contribution in [0, 0.1) is 0 Å². The van der Waals surface area contributed by atoms with E-state index in [0.29, 0.717) is 19.6 Å². The van der Waals surface area contributed by atoms with Gasteiger partial charge in [-0.05, 0) is 17.7 Å². The Kier molecular flexibility index (Phi) is 6.46. The summed E-state index contributed by atoms with van der Waals surface area (Å²) in [5.74, 6) is -0.0150. The van der Waals surface area contributed by atoms with Gasteiger partial charge in [0, 0.05) is 42.7 Å². The molecule has 6 nitrogen and oxygen atoms in total. The number of rotatable bonds is 4. The number of nitrogens with one attached hydrogen (secondary N) is 2. The lowest BCUT2D eigenvalue weighted by molar-refractivity contribution is -0.117. The van der Waals surface area contributed by atoms with Crippen molar-refractivity contribution >= 4 is 24.0 Å². The van der Waals surface area contributed by atoms with E-state index >= 15 is 0 Å². The number of morpholine rings is 1. The van der Waals surface area contributed by atoms with E-state index in [4.69, 9.17) is 4.74 Å². The van der Waals surface area contributed by atoms with Gasteiger partial charge in [0.2, 0.25) is 5.91 Å². The van der Waals surface area contributed by atoms with Crippen molar-refractivity contribution in [3.63, 3.8) is 0 Å². The van der Waals surface area contributed by atoms with Gasteiger partial charge in [-0.1, -0.05) is 12.1 Å². The van der Waals surface area contributed by atoms with E-state index in [0.717, 1.165) is 23.4 Å². The lowest BCUT2D eigenvalue weighted by Gasteiger charge is -2.23. The number of hydrogen-bond donors (Lipinski definition) is 2. The molecule has 0 aliphatic carbocycles. The predicted molar refractivity (Wildman–Crippen MR) is 90.6 cm³/mol. The summed E-state index contributed by atoms with van der Waals surface area (Å²) >= 11 is 0. The minimum atomic E-state index is -0.0150. The van der Waals surface area contributed by atoms with Crippen LogP contribution in [0.3, 0.4) is 0 Å². The molecular formula is C16H19ClN4O2. The Balaban J connectivity index is 0.00000192. The molecule has 0 radical (unpaired) electrons. The molecule has 1 aromatic heterocycles. The summed E-state index contributed by atoms with van der Waals surface area (Å²) in [6.07, 6.45) is 5.43. The topological polar surface area (TPSA) is 76.1 Å². The van der Waals surface area contributed by atoms with Crippen LogP contribution < -0.4 is 10.6 Å². The molecule has 1 saturated heterocycles. The maximum atomic E-state index is 12.0. The van der Waals surface area contributed by atoms with Crippen LogP contribution in [0.5, 0.6) is 0 Å². The first-order chi connectivity index (χ1) is 10.8. The molecule has 1 fully saturated rings. The van der Waals surface area contributed by atoms with E-state index in [1.165, 1.54) is 6.33 Å². The van der Waals surface area contributed by atoms with Crippen LogP contribution in [0.4, 0.5) is 5.69 Å². The van der Waals surface area contributed by atoms with Crippen molar-refractivity contribution in [1.29, 1.82) is 0 Å². The second-order valence-electron chi connectivity index (χ2n) is 5.18. The van der Waals surface area contributed by atoms with Gasteiger partial charge in [-0.25, -0.2) is 9.97 Å². The molecular weight excluding hydrogens is 316 g/mol. The summed E-state index contributed by atoms with van der Waals surface area (Å²) in [6, 6.07) is 7.73. The number of carbonyl (C=O) groups is 1. The number of aromatic nitrogens is 2. The smallest absolute Gasteiger partial charge is 0.226 e. The van der Waals surface area contributed by atoms with E-state index in [9.17, 15) is 4.79 Å². The first-order valence-corrected chi connectivity index (χ1v) is 7.28. The van der Waals surface area contributed by atoms with E-state index in [2.05, 4.69) is 20.6 Å². The normalized spacial score (nSPS) is 17.1. The largest absolute Gasteiger partial charge is 0.378 e. The second kappa shape index (κ2) is 8.57. The molecule has 3 rings (SSSR count). The summed E-state index contributed by atoms with van der Waals surface area (Å²) in [7, 11) is 0. The van der Waals surface area contributed by atoms with E-state index in [1.54, 1.807) is 12.4 Å². The SMILES string of the molecule is Cl.O=C(CC1COCCN1)Nc1ccc(-c2cncnc2)cc1. The Bertz CT molecular complexity index is 616. The van der Waals surface area contributed by atoms with E-state index in [1.807, 2.05) is 24.3 Å². The zero-order valence-corrected chi connectivity index (χ0v) is 13.4. The summed E-state index contributed by atoms with van der Waals surface area (Å²) < 4.78 is 5.34. The average Bonchev–Trinajstić information content (AvgIpc) is 2.57. The number of hydrogen-bond acceptors (Lipinski definition) is 5. The third kappa shape index (κ3) is 4.99. The highest BCUT2D eigenvalue weighted by Gasteiger charge is 2.16. The second-order valence-corrected chi connectivity index (χ2v) is 5.18. The maximum absolute atomic E-state index is 12.0. The van der Waals surface area contributed by atoms with Gasteiger partial charge in [0.05, 0.1) is 13.2 Å². The molecule has 0 saturated carbocycles. The van der Waals surface area contributed by atoms with Crippen molar-refractivity contribution < 1.29 is 9.53 Å². The highest BCUT2D eigenvalue weighted by molar-refractivity contribution is 5.91. The summed E-state index contributed by atoms with van der Waals surface area (Å²) in [5, 5.41) is 6.17. The van der Waals surface area contributed by atoms with Gasteiger partial charge < -0.3 is 15.4 Å². The van der Waals surface area contributed by atoms with E-state index < -0.39 is 0 Å². The fourth-order valence-electron chi connectivity index (χ4n) is 2.38. The molecule has 2 N–H and O–H groups in total. The predicted octanol–water partition coefficient (Wildman–Crippen LogP) is 1.88. The summed E-state index contributed by atoms with van der Waals surface area (Å²) in [4.78, 5) is 20.0. The minimum Gasteiger partial charge on any atom is -0.378 e. The van der Waals surface area contributed by atoms with Gasteiger partial charge in [0.15, 0.2) is 0 Å². The van der Waals surface area contributed by atoms with Gasteiger partial charge in [0.1, 0.15) is 6.33 Å². The van der Waals surface area contributed by atoms with Crippen molar-refractivity contribution in [2.24, 2.45) is 0 Å². The van der Waals surface area contributed by atoms with Crippen molar-refractivity contribution in [2.45, 2.75) is 12.5 Å². The molecule has 0 spiro atoms. The first kappa shape index (κ1) is 17.3. The van der Waals surface area contributed by atoms with Gasteiger partial charge in [-0.2, -0.15) is 0 Å². The van der Waals surface area contributed by atoms with Crippen molar-refractivity contribution in [3.8, 4) is 11.1 Å². The molecule has 1 aliphatic heterocycles. The Morgan fingerprint density at radius 2 is 1.96 bits per heavy atom. The van der Waals surface area contributed by atoms with Crippen LogP contribution in [-0.4, -0.2) is 41.7 Å². The monoisotopic (exact) mass is 334 g/mol. The molecule has 7 heteroatoms. The average molecular weight is 335 g/mol. The zero-order valence-electron chi connectivity index (χ0n) is 12.6. The molecule has 1 aliphatic rings. The number of amides is 1. The molecule has 1 unspecified atom stereocenters. The minimum absolute atomic E-state index is 0. The van der Waals surface area contributed by atoms with Crippen LogP contribution in [0.2, 0.25) is 0 Å². The van der Waals surface area contributed by atoms with Crippen LogP contribution in [0.1, 0.15) is 6.42 Å². The highest BCUT2D eigenvalue weighted by atomic mass is 35.5. The Labute approximate surface area is 141 Å². The van der Waals surface area contributed by atoms with Gasteiger partial charge in [-0.15, -0.1) is 12.4 Å². The van der Waals surface area contributed by atoms with Crippen molar-refractivity contribution in [3.05, 3.63) is 43.0 Å². The third-order valence-corrected chi connectivity index (χ3v) is 3.49. The summed E-state index contributed by atoms with van der Waals surface area (Å²) in [5.41, 5.74) is 2.74. The van der Waals surface area contributed by atoms with Crippen LogP contribution in [0.25, 0.3) is 11.1 Å². The Morgan fingerprint density at radius 1 is 1.22 bits per heavy atom. The molecule has 2 heterocycles. The number of benzene rings is 1. The van der Waals surface area contributed by atoms with Gasteiger partial charge in [0.25, 0.3) is 0 Å². The number of nitrogens with zero attached hydrogens (tertiary/aromatic N) is 2. The summed E-state index contributed by atoms with van der Waals surface area (Å²) in [6.45, 7) is 2.09. The van der Waals surface area contributed by atoms with Gasteiger partial charge in [-0.3, -0.25) is 4.79 Å². The molecule has 0 bridgehead atoms. The van der Waals surface area contributed by atoms with Crippen molar-refractivity contribution in [2.75, 3.05) is 25.1 Å². The molecule has 1 amide bonds. The number of ether oxygens (including phenoxy) is 1. The molecule has 2 aromatic rings. The number of anilines is 1. The first-order valence-electron chi connectivity index (χ1n) is 7.28. The van der Waals surface area contributed by atoms with Crippen molar-refractivity contribution in [1.82, 2.24) is 15.3 Å². The van der Waals surface area contributed by atoms with Crippen LogP contribution in [0.15, 0.2) is 43.0 Å². The Morgan fingerprint density at radius 3 is 2.61 bits per heavy atom. The van der Waals surface area contributed by atoms with E-state index in [-0.39, 0.29) is 24.4 Å². The lowest BCUT2D eigenvalue weighted by Crippen LogP contribution is -2.43. The molecule has 23 heavy (non-hydrogen) atoms. The highest BCUT2D eigenvalue weighted by Crippen LogP contribution is 2.19. The Hall–Kier alpha value is -2.02. The fraction of sp³-hybridized carbons (Fsp3) is 0.312. The van der Waals surface area contributed by atoms with Gasteiger partial charge >= 0.3 is 0 Å². The van der Waals surface area contributed by atoms with Crippen LogP contribution in [-0.2, 0) is 9.53 Å². The number of carbonyl (C=O) groups excluding carboxylic acids is 1. The fourth-order valence-corrected chi connectivity index (χ4v) is 2.38. The standard InChI is InChI=1S/C16H18N4O2.ClH/c21-16(7-15-10-22-6-5-19-15)20-14-3-1-12(2-4-14)13-8-17-11-18-9-13;/h1-4,8-9,11,15,19H,5-7,10H2,(H,20,21);1H. The number of halogens is 1. The van der Waals surface area contributed by atoms with Crippen LogP contribution >= 0.6 is 12.4 Å². The third-order valence-electron chi connectivity index (χ3n) is 3.49.